The normalized spacial score (nSPS) is 20.9. The number of likely N-dealkylation sites (tertiary alicyclic amines) is 2. The fraction of sp³-hybridized carbons (Fsp3) is 0.591. The van der Waals surface area contributed by atoms with Crippen molar-refractivity contribution in [3.05, 3.63) is 35.4 Å². The van der Waals surface area contributed by atoms with Crippen molar-refractivity contribution in [3.8, 4) is 0 Å². The Bertz CT molecular complexity index is 789. The lowest BCUT2D eigenvalue weighted by Gasteiger charge is -2.39. The van der Waals surface area contributed by atoms with E-state index in [0.717, 1.165) is 12.0 Å². The number of nitrogens with zero attached hydrogens (tertiary/aromatic N) is 2. The highest BCUT2D eigenvalue weighted by Crippen LogP contribution is 2.27. The van der Waals surface area contributed by atoms with Gasteiger partial charge in [0.25, 0.3) is 5.91 Å². The molecular weight excluding hydrogens is 402 g/mol. The first-order valence-corrected chi connectivity index (χ1v) is 10.7. The number of piperidine rings is 1. The zero-order chi connectivity index (χ0) is 22.4. The minimum absolute atomic E-state index is 0.227. The molecule has 9 heteroatoms. The van der Waals surface area contributed by atoms with E-state index in [1.165, 1.54) is 7.11 Å². The molecule has 2 N–H and O–H groups in total. The predicted octanol–water partition coefficient (Wildman–Crippen LogP) is 1.15. The van der Waals surface area contributed by atoms with Gasteiger partial charge in [-0.25, -0.2) is 9.59 Å². The fourth-order valence-corrected chi connectivity index (χ4v) is 4.13. The zero-order valence-electron chi connectivity index (χ0n) is 18.1. The Balaban J connectivity index is 1.46. The predicted molar refractivity (Wildman–Crippen MR) is 112 cm³/mol. The highest BCUT2D eigenvalue weighted by Gasteiger charge is 2.42. The monoisotopic (exact) mass is 433 g/mol. The van der Waals surface area contributed by atoms with Gasteiger partial charge in [0.1, 0.15) is 5.60 Å². The van der Waals surface area contributed by atoms with E-state index in [2.05, 4.69) is 15.0 Å². The molecule has 2 heterocycles. The maximum atomic E-state index is 12.6. The van der Waals surface area contributed by atoms with E-state index in [-0.39, 0.29) is 24.6 Å². The van der Waals surface area contributed by atoms with Crippen molar-refractivity contribution in [1.29, 1.82) is 0 Å². The number of nitrogens with one attached hydrogen (secondary N) is 1. The van der Waals surface area contributed by atoms with Crippen LogP contribution in [0, 0.1) is 0 Å². The number of amides is 2. The van der Waals surface area contributed by atoms with E-state index >= 15 is 0 Å². The Labute approximate surface area is 182 Å². The Hall–Kier alpha value is -2.65. The zero-order valence-corrected chi connectivity index (χ0v) is 18.1. The molecule has 0 aliphatic carbocycles. The first-order chi connectivity index (χ1) is 14.9. The molecule has 31 heavy (non-hydrogen) atoms. The van der Waals surface area contributed by atoms with Crippen LogP contribution in [0.15, 0.2) is 24.3 Å². The Morgan fingerprint density at radius 2 is 1.84 bits per heavy atom. The minimum atomic E-state index is -1.40. The molecule has 1 aromatic carbocycles. The standard InChI is InChI=1S/C22H31N3O6/c1-3-31-21(28)25-11-8-18(15-25)24-12-9-22(29,10-13-24)20(27)23-14-16-4-6-17(7-5-16)19(26)30-2/h4-7,18,29H,3,8-15H2,1-2H3,(H,23,27). The molecule has 2 aliphatic rings. The molecule has 1 aromatic rings. The first-order valence-electron chi connectivity index (χ1n) is 10.7. The quantitative estimate of drug-likeness (QED) is 0.648. The van der Waals surface area contributed by atoms with Crippen molar-refractivity contribution in [2.45, 2.75) is 44.4 Å². The van der Waals surface area contributed by atoms with Crippen LogP contribution >= 0.6 is 0 Å². The average molecular weight is 434 g/mol. The molecule has 0 spiro atoms. The van der Waals surface area contributed by atoms with E-state index < -0.39 is 11.6 Å². The second-order valence-electron chi connectivity index (χ2n) is 8.03. The molecule has 2 amide bonds. The number of methoxy groups -OCH3 is 1. The molecule has 2 aliphatic heterocycles. The van der Waals surface area contributed by atoms with Crippen LogP contribution in [-0.4, -0.2) is 84.4 Å². The Morgan fingerprint density at radius 3 is 2.45 bits per heavy atom. The lowest BCUT2D eigenvalue weighted by molar-refractivity contribution is -0.145. The third-order valence-corrected chi connectivity index (χ3v) is 6.08. The molecule has 170 valence electrons. The van der Waals surface area contributed by atoms with Crippen molar-refractivity contribution < 1.29 is 29.0 Å². The fourth-order valence-electron chi connectivity index (χ4n) is 4.13. The lowest BCUT2D eigenvalue weighted by atomic mass is 9.89. The maximum Gasteiger partial charge on any atom is 0.409 e. The summed E-state index contributed by atoms with van der Waals surface area (Å²) in [5.74, 6) is -0.798. The molecule has 0 radical (unpaired) electrons. The lowest BCUT2D eigenvalue weighted by Crippen LogP contribution is -2.55. The smallest absolute Gasteiger partial charge is 0.409 e. The van der Waals surface area contributed by atoms with Gasteiger partial charge in [-0.1, -0.05) is 12.1 Å². The number of carbonyl (C=O) groups excluding carboxylic acids is 3. The number of ether oxygens (including phenoxy) is 2. The molecule has 1 unspecified atom stereocenters. The van der Waals surface area contributed by atoms with Crippen LogP contribution in [0.3, 0.4) is 0 Å². The van der Waals surface area contributed by atoms with Gasteiger partial charge in [-0.3, -0.25) is 9.69 Å². The molecule has 2 saturated heterocycles. The molecular formula is C22H31N3O6. The molecule has 1 atom stereocenters. The molecule has 0 aromatic heterocycles. The third-order valence-electron chi connectivity index (χ3n) is 6.08. The number of carbonyl (C=O) groups is 3. The summed E-state index contributed by atoms with van der Waals surface area (Å²) in [6, 6.07) is 7.00. The van der Waals surface area contributed by atoms with Crippen molar-refractivity contribution in [2.75, 3.05) is 39.9 Å². The Morgan fingerprint density at radius 1 is 1.16 bits per heavy atom. The van der Waals surface area contributed by atoms with Crippen molar-refractivity contribution in [1.82, 2.24) is 15.1 Å². The van der Waals surface area contributed by atoms with Gasteiger partial charge in [0.2, 0.25) is 0 Å². The molecule has 0 saturated carbocycles. The van der Waals surface area contributed by atoms with Gasteiger partial charge in [0.05, 0.1) is 19.3 Å². The van der Waals surface area contributed by atoms with Gasteiger partial charge in [0.15, 0.2) is 0 Å². The van der Waals surface area contributed by atoms with Crippen LogP contribution in [0.1, 0.15) is 42.1 Å². The van der Waals surface area contributed by atoms with Crippen molar-refractivity contribution >= 4 is 18.0 Å². The number of rotatable bonds is 6. The van der Waals surface area contributed by atoms with E-state index in [0.29, 0.717) is 51.2 Å². The Kier molecular flexibility index (Phi) is 7.50. The topological polar surface area (TPSA) is 108 Å². The summed E-state index contributed by atoms with van der Waals surface area (Å²) >= 11 is 0. The number of benzene rings is 1. The van der Waals surface area contributed by atoms with Crippen LogP contribution in [0.4, 0.5) is 4.79 Å². The van der Waals surface area contributed by atoms with Crippen LogP contribution < -0.4 is 5.32 Å². The van der Waals surface area contributed by atoms with Crippen LogP contribution in [0.2, 0.25) is 0 Å². The maximum absolute atomic E-state index is 12.6. The van der Waals surface area contributed by atoms with Crippen LogP contribution in [0.25, 0.3) is 0 Å². The average Bonchev–Trinajstić information content (AvgIpc) is 3.28. The van der Waals surface area contributed by atoms with E-state index in [9.17, 15) is 19.5 Å². The molecule has 0 bridgehead atoms. The number of hydrogen-bond donors (Lipinski definition) is 2. The van der Waals surface area contributed by atoms with Crippen molar-refractivity contribution in [2.24, 2.45) is 0 Å². The summed E-state index contributed by atoms with van der Waals surface area (Å²) < 4.78 is 9.74. The van der Waals surface area contributed by atoms with E-state index in [1.807, 2.05) is 0 Å². The highest BCUT2D eigenvalue weighted by molar-refractivity contribution is 5.89. The SMILES string of the molecule is CCOC(=O)N1CCC(N2CCC(O)(C(=O)NCc3ccc(C(=O)OC)cc3)CC2)C1. The van der Waals surface area contributed by atoms with Gasteiger partial charge in [-0.2, -0.15) is 0 Å². The summed E-state index contributed by atoms with van der Waals surface area (Å²) in [7, 11) is 1.32. The van der Waals surface area contributed by atoms with Gasteiger partial charge in [-0.05, 0) is 43.9 Å². The van der Waals surface area contributed by atoms with Crippen LogP contribution in [0.5, 0.6) is 0 Å². The van der Waals surface area contributed by atoms with Crippen molar-refractivity contribution in [3.63, 3.8) is 0 Å². The third kappa shape index (κ3) is 5.54. The van der Waals surface area contributed by atoms with Crippen LogP contribution in [-0.2, 0) is 20.8 Å². The van der Waals surface area contributed by atoms with Gasteiger partial charge in [0, 0.05) is 38.8 Å². The second kappa shape index (κ2) is 10.1. The first kappa shape index (κ1) is 23.0. The van der Waals surface area contributed by atoms with Gasteiger partial charge < -0.3 is 24.8 Å². The number of esters is 1. The summed E-state index contributed by atoms with van der Waals surface area (Å²) in [6.45, 7) is 4.90. The van der Waals surface area contributed by atoms with Gasteiger partial charge in [-0.15, -0.1) is 0 Å². The van der Waals surface area contributed by atoms with Gasteiger partial charge >= 0.3 is 12.1 Å². The van der Waals surface area contributed by atoms with E-state index in [4.69, 9.17) is 4.74 Å². The van der Waals surface area contributed by atoms with E-state index in [1.54, 1.807) is 36.1 Å². The number of hydrogen-bond acceptors (Lipinski definition) is 7. The highest BCUT2D eigenvalue weighted by atomic mass is 16.6. The summed E-state index contributed by atoms with van der Waals surface area (Å²) in [5, 5.41) is 13.7. The molecule has 9 nitrogen and oxygen atoms in total. The largest absolute Gasteiger partial charge is 0.465 e. The number of aliphatic hydroxyl groups is 1. The molecule has 3 rings (SSSR count). The second-order valence-corrected chi connectivity index (χ2v) is 8.03. The summed E-state index contributed by atoms with van der Waals surface area (Å²) in [6.07, 6.45) is 1.27. The summed E-state index contributed by atoms with van der Waals surface area (Å²) in [4.78, 5) is 40.0. The minimum Gasteiger partial charge on any atom is -0.465 e. The summed E-state index contributed by atoms with van der Waals surface area (Å²) in [5.41, 5.74) is -0.133. The molecule has 2 fully saturated rings.